The van der Waals surface area contributed by atoms with Crippen LogP contribution in [0.4, 0.5) is 0 Å². The van der Waals surface area contributed by atoms with Crippen molar-refractivity contribution >= 4 is 23.9 Å². The number of carbonyl (C=O) groups is 1. The average molecular weight is 303 g/mol. The fourth-order valence-corrected chi connectivity index (χ4v) is 2.72. The van der Waals surface area contributed by atoms with E-state index in [2.05, 4.69) is 5.32 Å². The Morgan fingerprint density at radius 3 is 2.00 bits per heavy atom. The van der Waals surface area contributed by atoms with Gasteiger partial charge in [0.15, 0.2) is 0 Å². The van der Waals surface area contributed by atoms with Crippen molar-refractivity contribution in [3.63, 3.8) is 0 Å². The van der Waals surface area contributed by atoms with Gasteiger partial charge < -0.3 is 5.32 Å². The molecule has 0 bridgehead atoms. The third-order valence-corrected chi connectivity index (χ3v) is 3.80. The maximum atomic E-state index is 12.3. The zero-order valence-corrected chi connectivity index (χ0v) is 14.0. The van der Waals surface area contributed by atoms with Gasteiger partial charge in [0, 0.05) is 12.0 Å². The first-order valence-electron chi connectivity index (χ1n) is 6.66. The number of nitrogens with one attached hydrogen (secondary N) is 1. The minimum Gasteiger partial charge on any atom is -0.352 e. The molecule has 0 saturated carbocycles. The van der Waals surface area contributed by atoms with Gasteiger partial charge in [0.2, 0.25) is 5.91 Å². The Balaban J connectivity index is 4.90. The Morgan fingerprint density at radius 2 is 1.70 bits per heavy atom. The predicted molar refractivity (Wildman–Crippen MR) is 81.4 cm³/mol. The molecular formula is C13H26BNO4S. The third kappa shape index (κ3) is 8.58. The topological polar surface area (TPSA) is 83.5 Å². The summed E-state index contributed by atoms with van der Waals surface area (Å²) in [5, 5.41) is 1.89. The molecule has 5 nitrogen and oxygen atoms in total. The standard InChI is InChI=1S/C13H26BNO4S/c1-9(8-20(17,18)19)15-11(16)10(13(5,6)14)7-12(2,3)4/h9-10H,7-8H2,1-6H3,(H,15,16)(H,17,18,19). The van der Waals surface area contributed by atoms with Gasteiger partial charge in [-0.3, -0.25) is 9.35 Å². The van der Waals surface area contributed by atoms with Crippen LogP contribution in [0.2, 0.25) is 5.31 Å². The highest BCUT2D eigenvalue weighted by Gasteiger charge is 2.34. The second kappa shape index (κ2) is 6.47. The van der Waals surface area contributed by atoms with Crippen LogP contribution in [-0.4, -0.2) is 38.5 Å². The van der Waals surface area contributed by atoms with Gasteiger partial charge in [0.05, 0.1) is 13.6 Å². The van der Waals surface area contributed by atoms with E-state index in [1.54, 1.807) is 13.8 Å². The number of hydrogen-bond donors (Lipinski definition) is 2. The molecule has 20 heavy (non-hydrogen) atoms. The molecule has 0 aliphatic heterocycles. The van der Waals surface area contributed by atoms with Gasteiger partial charge in [-0.25, -0.2) is 0 Å². The maximum Gasteiger partial charge on any atom is 0.266 e. The Kier molecular flexibility index (Phi) is 6.29. The number of carbonyl (C=O) groups excluding carboxylic acids is 1. The van der Waals surface area contributed by atoms with Gasteiger partial charge in [-0.05, 0) is 18.8 Å². The second-order valence-corrected chi connectivity index (χ2v) is 8.79. The molecule has 0 aromatic carbocycles. The van der Waals surface area contributed by atoms with E-state index in [0.717, 1.165) is 0 Å². The first-order chi connectivity index (χ1) is 8.62. The quantitative estimate of drug-likeness (QED) is 0.579. The molecule has 0 saturated heterocycles. The molecule has 2 atom stereocenters. The molecule has 0 aliphatic carbocycles. The van der Waals surface area contributed by atoms with Crippen molar-refractivity contribution in [3.05, 3.63) is 0 Å². The summed E-state index contributed by atoms with van der Waals surface area (Å²) < 4.78 is 30.4. The van der Waals surface area contributed by atoms with Crippen LogP contribution in [0.25, 0.3) is 0 Å². The lowest BCUT2D eigenvalue weighted by Gasteiger charge is -2.35. The number of amides is 1. The van der Waals surface area contributed by atoms with Gasteiger partial charge >= 0.3 is 0 Å². The van der Waals surface area contributed by atoms with E-state index in [1.165, 1.54) is 6.92 Å². The summed E-state index contributed by atoms with van der Waals surface area (Å²) in [5.74, 6) is -1.23. The van der Waals surface area contributed by atoms with Crippen LogP contribution in [-0.2, 0) is 14.9 Å². The summed E-state index contributed by atoms with van der Waals surface area (Å²) in [6.07, 6.45) is 0.584. The van der Waals surface area contributed by atoms with Crippen molar-refractivity contribution in [1.82, 2.24) is 5.32 Å². The lowest BCUT2D eigenvalue weighted by molar-refractivity contribution is -0.127. The van der Waals surface area contributed by atoms with Crippen LogP contribution in [0.3, 0.4) is 0 Å². The number of hydrogen-bond acceptors (Lipinski definition) is 3. The molecule has 7 heteroatoms. The van der Waals surface area contributed by atoms with Gasteiger partial charge in [-0.1, -0.05) is 39.9 Å². The molecule has 2 unspecified atom stereocenters. The fraction of sp³-hybridized carbons (Fsp3) is 0.923. The molecule has 116 valence electrons. The summed E-state index contributed by atoms with van der Waals surface area (Å²) in [5.41, 5.74) is -0.0784. The first kappa shape index (κ1) is 19.4. The van der Waals surface area contributed by atoms with E-state index >= 15 is 0 Å². The van der Waals surface area contributed by atoms with Crippen molar-refractivity contribution in [1.29, 1.82) is 0 Å². The first-order valence-corrected chi connectivity index (χ1v) is 8.27. The summed E-state index contributed by atoms with van der Waals surface area (Å²) in [6, 6.07) is -0.665. The van der Waals surface area contributed by atoms with E-state index in [4.69, 9.17) is 12.4 Å². The molecule has 0 aromatic rings. The largest absolute Gasteiger partial charge is 0.352 e. The average Bonchev–Trinajstić information content (AvgIpc) is 2.06. The zero-order valence-electron chi connectivity index (χ0n) is 13.2. The summed E-state index contributed by atoms with van der Waals surface area (Å²) >= 11 is 0. The highest BCUT2D eigenvalue weighted by Crippen LogP contribution is 2.39. The summed E-state index contributed by atoms with van der Waals surface area (Å²) in [6.45, 7) is 11.1. The van der Waals surface area contributed by atoms with Crippen molar-refractivity contribution in [2.24, 2.45) is 11.3 Å². The Morgan fingerprint density at radius 1 is 1.25 bits per heavy atom. The third-order valence-electron chi connectivity index (χ3n) is 2.88. The lowest BCUT2D eigenvalue weighted by atomic mass is 9.59. The zero-order chi connectivity index (χ0) is 16.4. The maximum absolute atomic E-state index is 12.3. The summed E-state index contributed by atoms with van der Waals surface area (Å²) in [7, 11) is 1.95. The highest BCUT2D eigenvalue weighted by molar-refractivity contribution is 7.85. The van der Waals surface area contributed by atoms with E-state index < -0.39 is 33.1 Å². The van der Waals surface area contributed by atoms with Gasteiger partial charge in [-0.15, -0.1) is 0 Å². The Hall–Kier alpha value is -0.555. The highest BCUT2D eigenvalue weighted by atomic mass is 32.2. The van der Waals surface area contributed by atoms with E-state index in [1.807, 2.05) is 20.8 Å². The van der Waals surface area contributed by atoms with Crippen LogP contribution in [0.15, 0.2) is 0 Å². The van der Waals surface area contributed by atoms with Crippen molar-refractivity contribution < 1.29 is 17.8 Å². The van der Waals surface area contributed by atoms with Crippen molar-refractivity contribution in [2.45, 2.75) is 59.3 Å². The van der Waals surface area contributed by atoms with Crippen LogP contribution in [0.1, 0.15) is 48.0 Å². The van der Waals surface area contributed by atoms with Crippen LogP contribution < -0.4 is 5.32 Å². The van der Waals surface area contributed by atoms with Gasteiger partial charge in [0.1, 0.15) is 0 Å². The molecule has 2 N–H and O–H groups in total. The van der Waals surface area contributed by atoms with E-state index in [0.29, 0.717) is 6.42 Å². The van der Waals surface area contributed by atoms with Crippen LogP contribution in [0, 0.1) is 11.3 Å². The minimum atomic E-state index is -4.11. The second-order valence-electron chi connectivity index (χ2n) is 7.30. The van der Waals surface area contributed by atoms with Crippen molar-refractivity contribution in [3.8, 4) is 0 Å². The molecule has 0 heterocycles. The molecule has 0 spiro atoms. The molecule has 0 aliphatic rings. The minimum absolute atomic E-state index is 0.0784. The summed E-state index contributed by atoms with van der Waals surface area (Å²) in [4.78, 5) is 12.3. The van der Waals surface area contributed by atoms with Crippen LogP contribution >= 0.6 is 0 Å². The molecule has 0 rings (SSSR count). The normalized spacial score (nSPS) is 16.6. The van der Waals surface area contributed by atoms with Gasteiger partial charge in [0.25, 0.3) is 10.1 Å². The van der Waals surface area contributed by atoms with Crippen LogP contribution in [0.5, 0.6) is 0 Å². The van der Waals surface area contributed by atoms with Crippen molar-refractivity contribution in [2.75, 3.05) is 5.75 Å². The number of rotatable bonds is 6. The molecule has 1 amide bonds. The van der Waals surface area contributed by atoms with E-state index in [-0.39, 0.29) is 11.3 Å². The Bertz CT molecular complexity index is 434. The van der Waals surface area contributed by atoms with E-state index in [9.17, 15) is 13.2 Å². The molecular weight excluding hydrogens is 277 g/mol. The SMILES string of the molecule is [B]C(C)(C)C(CC(C)(C)C)C(=O)NC(C)CS(=O)(=O)O. The molecule has 0 fully saturated rings. The molecule has 2 radical (unpaired) electrons. The predicted octanol–water partition coefficient (Wildman–Crippen LogP) is 1.80. The monoisotopic (exact) mass is 303 g/mol. The van der Waals surface area contributed by atoms with Gasteiger partial charge in [-0.2, -0.15) is 8.42 Å². The fourth-order valence-electron chi connectivity index (χ4n) is 2.01. The smallest absolute Gasteiger partial charge is 0.266 e. The Labute approximate surface area is 124 Å². The molecule has 0 aromatic heterocycles. The lowest BCUT2D eigenvalue weighted by Crippen LogP contribution is -2.44.